The number of anilines is 1. The first-order valence-electron chi connectivity index (χ1n) is 7.07. The van der Waals surface area contributed by atoms with E-state index in [1.807, 2.05) is 47.8 Å². The average molecular weight is 343 g/mol. The van der Waals surface area contributed by atoms with Crippen LogP contribution in [-0.4, -0.2) is 28.7 Å². The molecule has 122 valence electrons. The predicted molar refractivity (Wildman–Crippen MR) is 87.3 cm³/mol. The van der Waals surface area contributed by atoms with Gasteiger partial charge in [-0.3, -0.25) is 14.9 Å². The molecule has 0 bridgehead atoms. The van der Waals surface area contributed by atoms with Crippen LogP contribution in [0, 0.1) is 0 Å². The third-order valence-corrected chi connectivity index (χ3v) is 3.83. The van der Waals surface area contributed by atoms with Crippen molar-refractivity contribution in [2.45, 2.75) is 6.42 Å². The summed E-state index contributed by atoms with van der Waals surface area (Å²) in [6.07, 6.45) is 0.143. The molecule has 7 nitrogen and oxygen atoms in total. The van der Waals surface area contributed by atoms with Crippen LogP contribution in [0.4, 0.5) is 6.01 Å². The van der Waals surface area contributed by atoms with Crippen molar-refractivity contribution in [1.29, 1.82) is 0 Å². The fourth-order valence-electron chi connectivity index (χ4n) is 1.88. The Labute approximate surface area is 141 Å². The molecule has 0 saturated carbocycles. The summed E-state index contributed by atoms with van der Waals surface area (Å²) in [7, 11) is 0. The number of nitrogens with zero attached hydrogens (tertiary/aromatic N) is 2. The second-order valence-electron chi connectivity index (χ2n) is 4.74. The van der Waals surface area contributed by atoms with Crippen LogP contribution in [0.2, 0.25) is 0 Å². The number of esters is 1. The molecule has 0 atom stereocenters. The average Bonchev–Trinajstić information content (AvgIpc) is 3.26. The van der Waals surface area contributed by atoms with Crippen molar-refractivity contribution < 1.29 is 18.7 Å². The molecule has 0 spiro atoms. The van der Waals surface area contributed by atoms with Gasteiger partial charge in [-0.25, -0.2) is 0 Å². The van der Waals surface area contributed by atoms with E-state index in [1.165, 1.54) is 11.3 Å². The van der Waals surface area contributed by atoms with E-state index >= 15 is 0 Å². The highest BCUT2D eigenvalue weighted by molar-refractivity contribution is 7.10. The lowest BCUT2D eigenvalue weighted by atomic mass is 10.2. The third kappa shape index (κ3) is 4.26. The lowest BCUT2D eigenvalue weighted by Gasteiger charge is -2.03. The Balaban J connectivity index is 1.48. The number of ether oxygens (including phenoxy) is 1. The van der Waals surface area contributed by atoms with Crippen LogP contribution in [-0.2, 0) is 20.7 Å². The Morgan fingerprint density at radius 1 is 1.12 bits per heavy atom. The Kier molecular flexibility index (Phi) is 4.97. The van der Waals surface area contributed by atoms with Gasteiger partial charge in [0.2, 0.25) is 5.89 Å². The SMILES string of the molecule is O=C(COC(=O)Cc1cccs1)Nc1nnc(-c2ccccc2)o1. The molecule has 0 fully saturated rings. The first kappa shape index (κ1) is 15.9. The summed E-state index contributed by atoms with van der Waals surface area (Å²) in [6.45, 7) is -0.409. The number of amides is 1. The Morgan fingerprint density at radius 3 is 2.71 bits per heavy atom. The van der Waals surface area contributed by atoms with E-state index in [1.54, 1.807) is 0 Å². The lowest BCUT2D eigenvalue weighted by Crippen LogP contribution is -2.21. The molecule has 24 heavy (non-hydrogen) atoms. The summed E-state index contributed by atoms with van der Waals surface area (Å²) in [5.74, 6) is -0.721. The molecule has 0 aliphatic heterocycles. The first-order chi connectivity index (χ1) is 11.7. The van der Waals surface area contributed by atoms with E-state index < -0.39 is 18.5 Å². The summed E-state index contributed by atoms with van der Waals surface area (Å²) in [4.78, 5) is 24.2. The molecule has 1 N–H and O–H groups in total. The van der Waals surface area contributed by atoms with Gasteiger partial charge in [-0.05, 0) is 23.6 Å². The summed E-state index contributed by atoms with van der Waals surface area (Å²) in [6, 6.07) is 12.8. The minimum Gasteiger partial charge on any atom is -0.455 e. The number of rotatable bonds is 6. The fourth-order valence-corrected chi connectivity index (χ4v) is 2.57. The van der Waals surface area contributed by atoms with Crippen molar-refractivity contribution in [1.82, 2.24) is 10.2 Å². The molecular weight excluding hydrogens is 330 g/mol. The quantitative estimate of drug-likeness (QED) is 0.691. The molecule has 1 aromatic carbocycles. The lowest BCUT2D eigenvalue weighted by molar-refractivity contribution is -0.146. The Morgan fingerprint density at radius 2 is 1.96 bits per heavy atom. The molecule has 2 heterocycles. The van der Waals surface area contributed by atoms with Gasteiger partial charge in [0.15, 0.2) is 6.61 Å². The van der Waals surface area contributed by atoms with Crippen molar-refractivity contribution in [3.05, 3.63) is 52.7 Å². The van der Waals surface area contributed by atoms with Gasteiger partial charge < -0.3 is 9.15 Å². The number of benzene rings is 1. The van der Waals surface area contributed by atoms with Crippen molar-refractivity contribution in [2.75, 3.05) is 11.9 Å². The largest absolute Gasteiger partial charge is 0.455 e. The van der Waals surface area contributed by atoms with Gasteiger partial charge in [-0.1, -0.05) is 29.4 Å². The van der Waals surface area contributed by atoms with Crippen LogP contribution in [0.25, 0.3) is 11.5 Å². The van der Waals surface area contributed by atoms with Crippen LogP contribution >= 0.6 is 11.3 Å². The van der Waals surface area contributed by atoms with Crippen LogP contribution in [0.15, 0.2) is 52.3 Å². The van der Waals surface area contributed by atoms with E-state index in [0.29, 0.717) is 5.89 Å². The summed E-state index contributed by atoms with van der Waals surface area (Å²) < 4.78 is 10.2. The number of aromatic nitrogens is 2. The normalized spacial score (nSPS) is 10.3. The molecule has 0 radical (unpaired) electrons. The van der Waals surface area contributed by atoms with Crippen molar-refractivity contribution >= 4 is 29.2 Å². The van der Waals surface area contributed by atoms with Crippen molar-refractivity contribution in [3.63, 3.8) is 0 Å². The molecule has 3 rings (SSSR count). The van der Waals surface area contributed by atoms with E-state index in [4.69, 9.17) is 9.15 Å². The van der Waals surface area contributed by atoms with Crippen LogP contribution in [0.5, 0.6) is 0 Å². The van der Waals surface area contributed by atoms with E-state index in [0.717, 1.165) is 10.4 Å². The second kappa shape index (κ2) is 7.51. The zero-order chi connectivity index (χ0) is 16.8. The highest BCUT2D eigenvalue weighted by Gasteiger charge is 2.13. The number of hydrogen-bond acceptors (Lipinski definition) is 7. The molecule has 0 aliphatic carbocycles. The zero-order valence-electron chi connectivity index (χ0n) is 12.5. The van der Waals surface area contributed by atoms with Crippen LogP contribution < -0.4 is 5.32 Å². The smallest absolute Gasteiger partial charge is 0.322 e. The zero-order valence-corrected chi connectivity index (χ0v) is 13.3. The highest BCUT2D eigenvalue weighted by atomic mass is 32.1. The Hall–Kier alpha value is -3.00. The minimum absolute atomic E-state index is 0.0480. The molecular formula is C16H13N3O4S. The van der Waals surface area contributed by atoms with Crippen molar-refractivity contribution in [3.8, 4) is 11.5 Å². The van der Waals surface area contributed by atoms with E-state index in [-0.39, 0.29) is 12.4 Å². The number of nitrogens with one attached hydrogen (secondary N) is 1. The minimum atomic E-state index is -0.544. The van der Waals surface area contributed by atoms with Gasteiger partial charge >= 0.3 is 12.0 Å². The van der Waals surface area contributed by atoms with Gasteiger partial charge in [0.05, 0.1) is 6.42 Å². The van der Waals surface area contributed by atoms with E-state index in [2.05, 4.69) is 15.5 Å². The standard InChI is InChI=1S/C16H13N3O4S/c20-13(10-22-14(21)9-12-7-4-8-24-12)17-16-19-18-15(23-16)11-5-2-1-3-6-11/h1-8H,9-10H2,(H,17,19,20). The van der Waals surface area contributed by atoms with Crippen LogP contribution in [0.1, 0.15) is 4.88 Å². The Bertz CT molecular complexity index is 815. The predicted octanol–water partition coefficient (Wildman–Crippen LogP) is 2.52. The topological polar surface area (TPSA) is 94.3 Å². The van der Waals surface area contributed by atoms with E-state index in [9.17, 15) is 9.59 Å². The fraction of sp³-hybridized carbons (Fsp3) is 0.125. The molecule has 1 amide bonds. The summed E-state index contributed by atoms with van der Waals surface area (Å²) >= 11 is 1.45. The number of carbonyl (C=O) groups excluding carboxylic acids is 2. The first-order valence-corrected chi connectivity index (χ1v) is 7.95. The monoisotopic (exact) mass is 343 g/mol. The molecule has 0 unspecified atom stereocenters. The third-order valence-electron chi connectivity index (χ3n) is 2.96. The summed E-state index contributed by atoms with van der Waals surface area (Å²) in [5.41, 5.74) is 0.743. The number of thiophene rings is 1. The van der Waals surface area contributed by atoms with Gasteiger partial charge in [0, 0.05) is 10.4 Å². The van der Waals surface area contributed by atoms with Gasteiger partial charge in [-0.15, -0.1) is 16.4 Å². The van der Waals surface area contributed by atoms with Gasteiger partial charge in [0.1, 0.15) is 0 Å². The highest BCUT2D eigenvalue weighted by Crippen LogP contribution is 2.18. The number of hydrogen-bond donors (Lipinski definition) is 1. The molecule has 2 aromatic heterocycles. The van der Waals surface area contributed by atoms with Gasteiger partial charge in [-0.2, -0.15) is 0 Å². The maximum atomic E-state index is 11.8. The maximum Gasteiger partial charge on any atom is 0.322 e. The maximum absolute atomic E-state index is 11.8. The number of carbonyl (C=O) groups is 2. The molecule has 0 saturated heterocycles. The molecule has 0 aliphatic rings. The molecule has 8 heteroatoms. The van der Waals surface area contributed by atoms with Crippen molar-refractivity contribution in [2.24, 2.45) is 0 Å². The molecule has 3 aromatic rings. The summed E-state index contributed by atoms with van der Waals surface area (Å²) in [5, 5.41) is 11.8. The second-order valence-corrected chi connectivity index (χ2v) is 5.78. The van der Waals surface area contributed by atoms with Crippen LogP contribution in [0.3, 0.4) is 0 Å². The van der Waals surface area contributed by atoms with Gasteiger partial charge in [0.25, 0.3) is 5.91 Å².